The second kappa shape index (κ2) is 13.6. The summed E-state index contributed by atoms with van der Waals surface area (Å²) in [6.07, 6.45) is -0.795. The Balaban J connectivity index is 1.59. The number of aromatic amines is 1. The van der Waals surface area contributed by atoms with Crippen molar-refractivity contribution in [1.82, 2.24) is 19.5 Å². The summed E-state index contributed by atoms with van der Waals surface area (Å²) in [4.78, 5) is 75.9. The SMILES string of the molecule is CC(Cc1ccccc1C(=O)CC1C[C@H](n2cnc3c(=O)[nH]c(N)nc32)O[C@@H]1COP(=O)(O)OP(=O)(O)OP(=O)(O)O)N=[N+]=[N-]. The lowest BCUT2D eigenvalue weighted by Crippen LogP contribution is -2.25. The number of nitrogens with one attached hydrogen (secondary N) is 1. The third kappa shape index (κ3) is 9.14. The Hall–Kier alpha value is -3.28. The normalized spacial score (nSPS) is 21.9. The second-order valence-corrected chi connectivity index (χ2v) is 14.2. The topological polar surface area (TPSA) is 324 Å². The number of ketones is 1. The number of hydrogen-bond donors (Lipinski definition) is 6. The molecule has 24 heteroatoms. The van der Waals surface area contributed by atoms with Crippen LogP contribution in [-0.2, 0) is 38.0 Å². The summed E-state index contributed by atoms with van der Waals surface area (Å²) in [5.74, 6) is -1.34. The smallest absolute Gasteiger partial charge is 0.369 e. The van der Waals surface area contributed by atoms with Gasteiger partial charge in [0.05, 0.1) is 19.0 Å². The first-order valence-corrected chi connectivity index (χ1v) is 17.3. The van der Waals surface area contributed by atoms with Gasteiger partial charge in [0.1, 0.15) is 6.23 Å². The van der Waals surface area contributed by atoms with Crippen LogP contribution >= 0.6 is 23.5 Å². The second-order valence-electron chi connectivity index (χ2n) is 9.83. The van der Waals surface area contributed by atoms with E-state index in [0.717, 1.165) is 0 Å². The standard InChI is InChI=1S/C21H27N8O13P3/c1-11(27-28-23)6-12-4-2-3-5-14(12)15(30)7-13-8-17(29-10-24-18-19(29)25-21(22)26-20(18)31)40-16(13)9-39-44(35,36)42-45(37,38)41-43(32,33)34/h2-5,10-11,13,16-17H,6-9H2,1H3,(H,35,36)(H,37,38)(H2,32,33,34)(H3,22,25,26,31)/t11?,13?,16-,17-/m1/s1. The number of carbonyl (C=O) groups excluding carboxylic acids is 1. The van der Waals surface area contributed by atoms with Gasteiger partial charge in [0.2, 0.25) is 5.95 Å². The van der Waals surface area contributed by atoms with Crippen molar-refractivity contribution < 1.29 is 55.9 Å². The molecule has 6 atom stereocenters. The number of aromatic nitrogens is 4. The number of fused-ring (bicyclic) bond motifs is 1. The highest BCUT2D eigenvalue weighted by Crippen LogP contribution is 2.66. The van der Waals surface area contributed by atoms with Gasteiger partial charge in [-0.25, -0.2) is 18.7 Å². The zero-order chi connectivity index (χ0) is 33.2. The largest absolute Gasteiger partial charge is 0.490 e. The monoisotopic (exact) mass is 692 g/mol. The molecule has 4 rings (SSSR count). The van der Waals surface area contributed by atoms with Gasteiger partial charge in [0.15, 0.2) is 16.9 Å². The van der Waals surface area contributed by atoms with Gasteiger partial charge >= 0.3 is 23.5 Å². The maximum absolute atomic E-state index is 13.5. The van der Waals surface area contributed by atoms with Crippen molar-refractivity contribution in [3.63, 3.8) is 0 Å². The molecule has 4 unspecified atom stereocenters. The molecule has 1 aliphatic rings. The number of hydrogen-bond acceptors (Lipinski definition) is 13. The molecule has 0 spiro atoms. The summed E-state index contributed by atoms with van der Waals surface area (Å²) in [5, 5.41) is 3.64. The number of carbonyl (C=O) groups is 1. The van der Waals surface area contributed by atoms with Crippen LogP contribution in [0.4, 0.5) is 5.95 Å². The highest BCUT2D eigenvalue weighted by Gasteiger charge is 2.44. The van der Waals surface area contributed by atoms with E-state index in [9.17, 15) is 33.1 Å². The number of ether oxygens (including phenoxy) is 1. The number of nitrogens with zero attached hydrogens (tertiary/aromatic N) is 6. The Labute approximate surface area is 252 Å². The molecule has 1 aliphatic heterocycles. The van der Waals surface area contributed by atoms with Gasteiger partial charge in [-0.3, -0.25) is 23.7 Å². The summed E-state index contributed by atoms with van der Waals surface area (Å²) in [7, 11) is -16.9. The van der Waals surface area contributed by atoms with E-state index >= 15 is 0 Å². The molecule has 244 valence electrons. The van der Waals surface area contributed by atoms with Crippen molar-refractivity contribution in [1.29, 1.82) is 0 Å². The van der Waals surface area contributed by atoms with Crippen LogP contribution in [0.1, 0.15) is 41.9 Å². The predicted octanol–water partition coefficient (Wildman–Crippen LogP) is 2.46. The number of nitrogen functional groups attached to an aromatic ring is 1. The van der Waals surface area contributed by atoms with E-state index in [-0.39, 0.29) is 42.2 Å². The van der Waals surface area contributed by atoms with Crippen molar-refractivity contribution in [2.24, 2.45) is 11.0 Å². The number of azide groups is 1. The Morgan fingerprint density at radius 1 is 1.24 bits per heavy atom. The van der Waals surface area contributed by atoms with Crippen molar-refractivity contribution in [3.8, 4) is 0 Å². The van der Waals surface area contributed by atoms with Gasteiger partial charge in [-0.05, 0) is 29.9 Å². The number of rotatable bonds is 14. The number of benzene rings is 1. The highest BCUT2D eigenvalue weighted by atomic mass is 31.3. The van der Waals surface area contributed by atoms with Crippen LogP contribution in [0.2, 0.25) is 0 Å². The fourth-order valence-corrected chi connectivity index (χ4v) is 7.77. The number of H-pyrrole nitrogens is 1. The quantitative estimate of drug-likeness (QED) is 0.0464. The van der Waals surface area contributed by atoms with Crippen LogP contribution in [0.25, 0.3) is 21.6 Å². The number of anilines is 1. The number of nitrogens with two attached hydrogens (primary N) is 1. The number of phosphoric acid groups is 3. The van der Waals surface area contributed by atoms with E-state index in [1.807, 2.05) is 0 Å². The van der Waals surface area contributed by atoms with Crippen LogP contribution in [0.3, 0.4) is 0 Å². The molecule has 2 aromatic heterocycles. The van der Waals surface area contributed by atoms with Gasteiger partial charge in [0.25, 0.3) is 5.56 Å². The molecule has 1 saturated heterocycles. The van der Waals surface area contributed by atoms with E-state index in [4.69, 9.17) is 30.3 Å². The minimum atomic E-state index is -5.78. The molecular weight excluding hydrogens is 665 g/mol. The van der Waals surface area contributed by atoms with Crippen LogP contribution < -0.4 is 11.3 Å². The van der Waals surface area contributed by atoms with E-state index in [1.165, 1.54) is 10.9 Å². The fourth-order valence-electron chi connectivity index (χ4n) is 4.74. The van der Waals surface area contributed by atoms with E-state index in [0.29, 0.717) is 11.1 Å². The van der Waals surface area contributed by atoms with Gasteiger partial charge in [-0.1, -0.05) is 36.3 Å². The predicted molar refractivity (Wildman–Crippen MR) is 152 cm³/mol. The molecule has 3 heterocycles. The van der Waals surface area contributed by atoms with E-state index in [1.54, 1.807) is 31.2 Å². The lowest BCUT2D eigenvalue weighted by Gasteiger charge is -2.21. The fraction of sp³-hybridized carbons (Fsp3) is 0.429. The summed E-state index contributed by atoms with van der Waals surface area (Å²) in [5.41, 5.74) is 14.7. The minimum absolute atomic E-state index is 0.0391. The molecule has 3 aromatic rings. The first-order valence-electron chi connectivity index (χ1n) is 12.8. The highest BCUT2D eigenvalue weighted by molar-refractivity contribution is 7.66. The Morgan fingerprint density at radius 2 is 1.96 bits per heavy atom. The third-order valence-electron chi connectivity index (χ3n) is 6.47. The first-order chi connectivity index (χ1) is 21.0. The summed E-state index contributed by atoms with van der Waals surface area (Å²) < 4.78 is 54.7. The van der Waals surface area contributed by atoms with Gasteiger partial charge in [-0.15, -0.1) is 0 Å². The van der Waals surface area contributed by atoms with Crippen molar-refractivity contribution in [2.75, 3.05) is 12.3 Å². The van der Waals surface area contributed by atoms with Crippen molar-refractivity contribution in [2.45, 2.75) is 44.6 Å². The third-order valence-corrected chi connectivity index (χ3v) is 10.3. The van der Waals surface area contributed by atoms with Gasteiger partial charge < -0.3 is 30.0 Å². The molecule has 0 aliphatic carbocycles. The molecule has 0 amide bonds. The van der Waals surface area contributed by atoms with Crippen molar-refractivity contribution >= 4 is 46.4 Å². The summed E-state index contributed by atoms with van der Waals surface area (Å²) in [6, 6.07) is 6.16. The van der Waals surface area contributed by atoms with Gasteiger partial charge in [0, 0.05) is 22.9 Å². The average molecular weight is 692 g/mol. The molecule has 1 aromatic carbocycles. The maximum Gasteiger partial charge on any atom is 0.490 e. The molecular formula is C21H27N8O13P3. The molecule has 45 heavy (non-hydrogen) atoms. The Kier molecular flexibility index (Phi) is 10.5. The zero-order valence-electron chi connectivity index (χ0n) is 23.1. The molecule has 1 fully saturated rings. The van der Waals surface area contributed by atoms with Crippen LogP contribution in [0, 0.1) is 5.92 Å². The van der Waals surface area contributed by atoms with Crippen LogP contribution in [0.5, 0.6) is 0 Å². The number of Topliss-reactive ketones (excluding diaryl/α,β-unsaturated/α-hetero) is 1. The van der Waals surface area contributed by atoms with Gasteiger partial charge in [-0.2, -0.15) is 13.6 Å². The Bertz CT molecular complexity index is 1840. The summed E-state index contributed by atoms with van der Waals surface area (Å²) >= 11 is 0. The number of phosphoric ester groups is 1. The Morgan fingerprint density at radius 3 is 2.64 bits per heavy atom. The van der Waals surface area contributed by atoms with Crippen LogP contribution in [0.15, 0.2) is 40.5 Å². The molecule has 0 saturated carbocycles. The lowest BCUT2D eigenvalue weighted by molar-refractivity contribution is -0.0287. The van der Waals surface area contributed by atoms with E-state index < -0.39 is 59.9 Å². The molecule has 7 N–H and O–H groups in total. The summed E-state index contributed by atoms with van der Waals surface area (Å²) in [6.45, 7) is 0.854. The van der Waals surface area contributed by atoms with Crippen molar-refractivity contribution in [3.05, 3.63) is 62.5 Å². The maximum atomic E-state index is 13.5. The van der Waals surface area contributed by atoms with E-state index in [2.05, 4.69) is 33.6 Å². The first kappa shape index (κ1) is 34.6. The lowest BCUT2D eigenvalue weighted by atomic mass is 9.89. The average Bonchev–Trinajstić information content (AvgIpc) is 3.49. The molecule has 0 bridgehead atoms. The minimum Gasteiger partial charge on any atom is -0.369 e. The number of imidazole rings is 1. The van der Waals surface area contributed by atoms with Crippen LogP contribution in [-0.4, -0.2) is 63.6 Å². The zero-order valence-corrected chi connectivity index (χ0v) is 25.8. The molecule has 0 radical (unpaired) electrons. The molecule has 21 nitrogen and oxygen atoms in total.